The van der Waals surface area contributed by atoms with E-state index in [0.717, 1.165) is 44.4 Å². The second kappa shape index (κ2) is 12.2. The largest absolute Gasteiger partial charge is 0.348 e. The van der Waals surface area contributed by atoms with Crippen LogP contribution in [0.5, 0.6) is 0 Å². The summed E-state index contributed by atoms with van der Waals surface area (Å²) in [6, 6.07) is 11.5. The van der Waals surface area contributed by atoms with Gasteiger partial charge in [-0.1, -0.05) is 24.3 Å². The second-order valence-electron chi connectivity index (χ2n) is 11.7. The number of nitrogens with one attached hydrogen (secondary N) is 2. The number of imidazole rings is 2. The molecule has 206 valence electrons. The lowest BCUT2D eigenvalue weighted by Crippen LogP contribution is -2.49. The summed E-state index contributed by atoms with van der Waals surface area (Å²) < 4.78 is 0. The molecule has 0 radical (unpaired) electrons. The molecule has 8 heteroatoms. The van der Waals surface area contributed by atoms with E-state index in [2.05, 4.69) is 77.3 Å². The normalized spacial score (nSPS) is 18.3. The summed E-state index contributed by atoms with van der Waals surface area (Å²) >= 11 is 1.92. The Hall–Kier alpha value is -2.78. The first kappa shape index (κ1) is 26.4. The highest BCUT2D eigenvalue weighted by Gasteiger charge is 2.38. The maximum absolute atomic E-state index is 4.43. The van der Waals surface area contributed by atoms with Crippen molar-refractivity contribution in [3.05, 3.63) is 93.7 Å². The van der Waals surface area contributed by atoms with Crippen molar-refractivity contribution in [2.24, 2.45) is 5.41 Å². The van der Waals surface area contributed by atoms with Crippen LogP contribution in [0.2, 0.25) is 0 Å². The molecule has 3 aromatic heterocycles. The highest BCUT2D eigenvalue weighted by atomic mass is 32.1. The number of piperidine rings is 2. The third-order valence-corrected chi connectivity index (χ3v) is 9.69. The molecular weight excluding hydrogens is 502 g/mol. The Kier molecular flexibility index (Phi) is 8.25. The molecule has 2 aliphatic rings. The molecule has 0 atom stereocenters. The summed E-state index contributed by atoms with van der Waals surface area (Å²) in [5, 5.41) is 2.24. The summed E-state index contributed by atoms with van der Waals surface area (Å²) in [7, 11) is 0. The minimum atomic E-state index is 0.523. The monoisotopic (exact) mass is 543 g/mol. The molecule has 2 N–H and O–H groups in total. The van der Waals surface area contributed by atoms with Crippen LogP contribution in [0.4, 0.5) is 0 Å². The van der Waals surface area contributed by atoms with E-state index in [-0.39, 0.29) is 0 Å². The quantitative estimate of drug-likeness (QED) is 0.273. The van der Waals surface area contributed by atoms with Crippen molar-refractivity contribution in [2.45, 2.75) is 65.3 Å². The lowest BCUT2D eigenvalue weighted by molar-refractivity contribution is 0.0189. The van der Waals surface area contributed by atoms with E-state index in [1.54, 1.807) is 4.88 Å². The summed E-state index contributed by atoms with van der Waals surface area (Å²) in [5.74, 6) is 1.95. The topological polar surface area (TPSA) is 67.1 Å². The van der Waals surface area contributed by atoms with Crippen molar-refractivity contribution in [3.63, 3.8) is 0 Å². The number of aryl methyl sites for hydroxylation is 1. The minimum absolute atomic E-state index is 0.523. The Bertz CT molecular complexity index is 1230. The van der Waals surface area contributed by atoms with E-state index in [4.69, 9.17) is 0 Å². The fourth-order valence-corrected chi connectivity index (χ4v) is 7.38. The van der Waals surface area contributed by atoms with Crippen LogP contribution >= 0.6 is 11.3 Å². The molecule has 0 aliphatic carbocycles. The van der Waals surface area contributed by atoms with Crippen molar-refractivity contribution in [1.29, 1.82) is 0 Å². The van der Waals surface area contributed by atoms with Gasteiger partial charge in [0.15, 0.2) is 0 Å². The molecule has 1 spiro atoms. The third-order valence-electron chi connectivity index (χ3n) is 8.68. The first-order valence-corrected chi connectivity index (χ1v) is 15.2. The van der Waals surface area contributed by atoms with Gasteiger partial charge in [0.1, 0.15) is 11.6 Å². The molecule has 2 fully saturated rings. The minimum Gasteiger partial charge on any atom is -0.348 e. The first-order valence-electron chi connectivity index (χ1n) is 14.4. The van der Waals surface area contributed by atoms with Gasteiger partial charge in [0.05, 0.1) is 13.1 Å². The average Bonchev–Trinajstić information content (AvgIpc) is 3.72. The predicted octanol–water partition coefficient (Wildman–Crippen LogP) is 5.58. The molecule has 2 aliphatic heterocycles. The van der Waals surface area contributed by atoms with E-state index in [0.29, 0.717) is 5.41 Å². The maximum Gasteiger partial charge on any atom is 0.120 e. The Morgan fingerprint density at radius 2 is 1.51 bits per heavy atom. The van der Waals surface area contributed by atoms with Gasteiger partial charge in [-0.2, -0.15) is 0 Å². The van der Waals surface area contributed by atoms with Crippen LogP contribution in [0.3, 0.4) is 0 Å². The molecule has 2 saturated heterocycles. The van der Waals surface area contributed by atoms with Crippen LogP contribution < -0.4 is 0 Å². The average molecular weight is 544 g/mol. The van der Waals surface area contributed by atoms with Gasteiger partial charge in [0.25, 0.3) is 0 Å². The summed E-state index contributed by atoms with van der Waals surface area (Å²) in [5.41, 5.74) is 4.72. The van der Waals surface area contributed by atoms with Crippen LogP contribution in [-0.4, -0.2) is 60.8 Å². The molecule has 0 saturated carbocycles. The number of hydrogen-bond acceptors (Lipinski definition) is 6. The molecular formula is C31H41N7S. The smallest absolute Gasteiger partial charge is 0.120 e. The van der Waals surface area contributed by atoms with Crippen LogP contribution in [0, 0.1) is 12.3 Å². The molecule has 5 heterocycles. The van der Waals surface area contributed by atoms with Gasteiger partial charge in [-0.05, 0) is 85.8 Å². The summed E-state index contributed by atoms with van der Waals surface area (Å²) in [6.45, 7) is 11.8. The van der Waals surface area contributed by atoms with Gasteiger partial charge in [0, 0.05) is 55.8 Å². The number of aromatic amines is 2. The third kappa shape index (κ3) is 6.87. The number of aromatic nitrogens is 4. The molecule has 1 aromatic carbocycles. The van der Waals surface area contributed by atoms with Gasteiger partial charge >= 0.3 is 0 Å². The summed E-state index contributed by atoms with van der Waals surface area (Å²) in [6.07, 6.45) is 12.8. The number of thiophene rings is 1. The fraction of sp³-hybridized carbons (Fsp3) is 0.484. The molecule has 7 nitrogen and oxygen atoms in total. The Morgan fingerprint density at radius 1 is 0.821 bits per heavy atom. The number of benzene rings is 1. The predicted molar refractivity (Wildman–Crippen MR) is 157 cm³/mol. The highest BCUT2D eigenvalue weighted by Crippen LogP contribution is 2.40. The van der Waals surface area contributed by atoms with E-state index < -0.39 is 0 Å². The van der Waals surface area contributed by atoms with Gasteiger partial charge in [-0.3, -0.25) is 14.7 Å². The lowest BCUT2D eigenvalue weighted by Gasteiger charge is -2.47. The highest BCUT2D eigenvalue weighted by molar-refractivity contribution is 7.10. The number of likely N-dealkylation sites (tertiary alicyclic amines) is 2. The van der Waals surface area contributed by atoms with Crippen LogP contribution in [0.25, 0.3) is 0 Å². The molecule has 0 unspecified atom stereocenters. The molecule has 6 rings (SSSR count). The van der Waals surface area contributed by atoms with Crippen LogP contribution in [0.1, 0.15) is 58.9 Å². The standard InChI is InChI=1S/C31H41N7S/c1-25-7-18-39-28(25)21-37-15-2-8-31(24-37)9-16-36(17-10-31)19-26-3-5-27(6-4-26)20-38(22-29-32-11-12-33-29)23-30-34-13-14-35-30/h3-7,11-14,18H,2,8-10,15-17,19-24H2,1H3,(H,32,33)(H,34,35). The second-order valence-corrected chi connectivity index (χ2v) is 12.7. The number of nitrogens with zero attached hydrogens (tertiary/aromatic N) is 5. The molecule has 39 heavy (non-hydrogen) atoms. The number of hydrogen-bond donors (Lipinski definition) is 2. The van der Waals surface area contributed by atoms with E-state index >= 15 is 0 Å². The maximum atomic E-state index is 4.43. The molecule has 0 amide bonds. The van der Waals surface area contributed by atoms with Gasteiger partial charge in [-0.25, -0.2) is 9.97 Å². The zero-order valence-electron chi connectivity index (χ0n) is 23.1. The van der Waals surface area contributed by atoms with Gasteiger partial charge in [-0.15, -0.1) is 11.3 Å². The first-order chi connectivity index (χ1) is 19.1. The van der Waals surface area contributed by atoms with E-state index in [1.165, 1.54) is 68.6 Å². The number of rotatable bonds is 10. The van der Waals surface area contributed by atoms with Crippen molar-refractivity contribution < 1.29 is 0 Å². The van der Waals surface area contributed by atoms with Crippen molar-refractivity contribution in [3.8, 4) is 0 Å². The number of H-pyrrole nitrogens is 2. The van der Waals surface area contributed by atoms with Crippen LogP contribution in [-0.2, 0) is 32.7 Å². The SMILES string of the molecule is Cc1ccsc1CN1CCCC2(CCN(Cc3ccc(CN(Cc4ncc[nH]4)Cc4ncc[nH]4)cc3)CC2)C1. The molecule has 4 aromatic rings. The molecule has 0 bridgehead atoms. The zero-order chi connectivity index (χ0) is 26.5. The van der Waals surface area contributed by atoms with Crippen molar-refractivity contribution in [1.82, 2.24) is 34.6 Å². The fourth-order valence-electron chi connectivity index (χ4n) is 6.43. The Morgan fingerprint density at radius 3 is 2.13 bits per heavy atom. The Labute approximate surface area is 236 Å². The van der Waals surface area contributed by atoms with Gasteiger partial charge < -0.3 is 9.97 Å². The zero-order valence-corrected chi connectivity index (χ0v) is 23.9. The lowest BCUT2D eigenvalue weighted by atomic mass is 9.72. The van der Waals surface area contributed by atoms with Crippen molar-refractivity contribution >= 4 is 11.3 Å². The summed E-state index contributed by atoms with van der Waals surface area (Å²) in [4.78, 5) is 24.6. The van der Waals surface area contributed by atoms with Crippen LogP contribution in [0.15, 0.2) is 60.5 Å². The van der Waals surface area contributed by atoms with E-state index in [1.807, 2.05) is 36.1 Å². The van der Waals surface area contributed by atoms with Crippen molar-refractivity contribution in [2.75, 3.05) is 26.2 Å². The van der Waals surface area contributed by atoms with Gasteiger partial charge in [0.2, 0.25) is 0 Å². The Balaban J connectivity index is 1.01. The van der Waals surface area contributed by atoms with E-state index in [9.17, 15) is 0 Å².